The van der Waals surface area contributed by atoms with Crippen LogP contribution in [0.2, 0.25) is 0 Å². The van der Waals surface area contributed by atoms with Gasteiger partial charge in [0.1, 0.15) is 5.75 Å². The van der Waals surface area contributed by atoms with E-state index in [0.717, 1.165) is 18.0 Å². The lowest BCUT2D eigenvalue weighted by Gasteiger charge is -2.29. The van der Waals surface area contributed by atoms with Crippen molar-refractivity contribution in [2.75, 3.05) is 13.2 Å². The summed E-state index contributed by atoms with van der Waals surface area (Å²) < 4.78 is 0. The first-order valence-corrected chi connectivity index (χ1v) is 5.79. The minimum absolute atomic E-state index is 0.0600. The van der Waals surface area contributed by atoms with Gasteiger partial charge in [0.15, 0.2) is 0 Å². The fourth-order valence-corrected chi connectivity index (χ4v) is 1.77. The number of aliphatic hydroxyl groups excluding tert-OH is 1. The summed E-state index contributed by atoms with van der Waals surface area (Å²) in [5, 5.41) is 22.2. The molecule has 0 amide bonds. The van der Waals surface area contributed by atoms with E-state index in [1.54, 1.807) is 12.1 Å². The first-order valence-electron chi connectivity index (χ1n) is 5.79. The zero-order chi connectivity index (χ0) is 11.6. The molecule has 1 aromatic rings. The van der Waals surface area contributed by atoms with Crippen LogP contribution in [0.1, 0.15) is 25.3 Å². The normalized spacial score (nSPS) is 19.4. The van der Waals surface area contributed by atoms with Crippen LogP contribution in [0.4, 0.5) is 0 Å². The van der Waals surface area contributed by atoms with E-state index in [0.29, 0.717) is 0 Å². The summed E-state index contributed by atoms with van der Waals surface area (Å²) in [5.41, 5.74) is 0.601. The van der Waals surface area contributed by atoms with Gasteiger partial charge >= 0.3 is 0 Å². The molecule has 1 fully saturated rings. The van der Waals surface area contributed by atoms with Crippen molar-refractivity contribution in [1.29, 1.82) is 0 Å². The van der Waals surface area contributed by atoms with Gasteiger partial charge in [-0.1, -0.05) is 12.1 Å². The standard InChI is InChI=1S/C13H19NO2/c1-13(9-15,14-8-10-2-3-10)11-4-6-12(16)7-5-11/h4-7,10,14-16H,2-3,8-9H2,1H3. The summed E-state index contributed by atoms with van der Waals surface area (Å²) in [5.74, 6) is 1.04. The summed E-state index contributed by atoms with van der Waals surface area (Å²) in [6.07, 6.45) is 2.59. The third-order valence-electron chi connectivity index (χ3n) is 3.30. The van der Waals surface area contributed by atoms with Gasteiger partial charge in [0, 0.05) is 0 Å². The number of benzene rings is 1. The molecule has 0 heterocycles. The largest absolute Gasteiger partial charge is 0.508 e. The molecule has 16 heavy (non-hydrogen) atoms. The number of hydrogen-bond acceptors (Lipinski definition) is 3. The van der Waals surface area contributed by atoms with E-state index in [4.69, 9.17) is 0 Å². The molecule has 1 unspecified atom stereocenters. The van der Waals surface area contributed by atoms with Gasteiger partial charge in [-0.15, -0.1) is 0 Å². The van der Waals surface area contributed by atoms with Crippen LogP contribution in [-0.2, 0) is 5.54 Å². The number of rotatable bonds is 5. The number of phenolic OH excluding ortho intramolecular Hbond substituents is 1. The molecule has 0 radical (unpaired) electrons. The average molecular weight is 221 g/mol. The molecule has 1 aliphatic rings. The van der Waals surface area contributed by atoms with Crippen LogP contribution in [0.5, 0.6) is 5.75 Å². The van der Waals surface area contributed by atoms with E-state index < -0.39 is 5.54 Å². The lowest BCUT2D eigenvalue weighted by molar-refractivity contribution is 0.173. The highest BCUT2D eigenvalue weighted by molar-refractivity contribution is 5.30. The second kappa shape index (κ2) is 4.44. The molecule has 2 rings (SSSR count). The Morgan fingerprint density at radius 1 is 1.31 bits per heavy atom. The second-order valence-electron chi connectivity index (χ2n) is 4.86. The Kier molecular flexibility index (Phi) is 3.17. The van der Waals surface area contributed by atoms with Crippen molar-refractivity contribution in [3.05, 3.63) is 29.8 Å². The Hall–Kier alpha value is -1.06. The van der Waals surface area contributed by atoms with Crippen molar-refractivity contribution in [2.24, 2.45) is 5.92 Å². The van der Waals surface area contributed by atoms with Crippen LogP contribution >= 0.6 is 0 Å². The van der Waals surface area contributed by atoms with E-state index in [2.05, 4.69) is 5.32 Å². The number of aliphatic hydroxyl groups is 1. The lowest BCUT2D eigenvalue weighted by Crippen LogP contribution is -2.43. The molecule has 0 spiro atoms. The van der Waals surface area contributed by atoms with Crippen molar-refractivity contribution >= 4 is 0 Å². The Balaban J connectivity index is 2.08. The summed E-state index contributed by atoms with van der Waals surface area (Å²) in [6.45, 7) is 3.00. The SMILES string of the molecule is CC(CO)(NCC1CC1)c1ccc(O)cc1. The van der Waals surface area contributed by atoms with E-state index in [-0.39, 0.29) is 12.4 Å². The van der Waals surface area contributed by atoms with Crippen molar-refractivity contribution < 1.29 is 10.2 Å². The molecule has 1 aliphatic carbocycles. The van der Waals surface area contributed by atoms with Crippen LogP contribution in [-0.4, -0.2) is 23.4 Å². The molecule has 0 saturated heterocycles. The summed E-state index contributed by atoms with van der Waals surface area (Å²) in [4.78, 5) is 0. The fourth-order valence-electron chi connectivity index (χ4n) is 1.77. The number of phenols is 1. The summed E-state index contributed by atoms with van der Waals surface area (Å²) in [7, 11) is 0. The third-order valence-corrected chi connectivity index (χ3v) is 3.30. The van der Waals surface area contributed by atoms with Crippen molar-refractivity contribution in [1.82, 2.24) is 5.32 Å². The van der Waals surface area contributed by atoms with Gasteiger partial charge in [-0.25, -0.2) is 0 Å². The highest BCUT2D eigenvalue weighted by Gasteiger charge is 2.29. The van der Waals surface area contributed by atoms with Gasteiger partial charge in [0.2, 0.25) is 0 Å². The van der Waals surface area contributed by atoms with E-state index >= 15 is 0 Å². The van der Waals surface area contributed by atoms with E-state index in [1.165, 1.54) is 12.8 Å². The monoisotopic (exact) mass is 221 g/mol. The van der Waals surface area contributed by atoms with Crippen molar-refractivity contribution in [3.63, 3.8) is 0 Å². The summed E-state index contributed by atoms with van der Waals surface area (Å²) in [6, 6.07) is 7.01. The Bertz CT molecular complexity index is 345. The first kappa shape index (κ1) is 11.4. The predicted molar refractivity (Wildman–Crippen MR) is 63.3 cm³/mol. The maximum atomic E-state index is 9.52. The maximum absolute atomic E-state index is 9.52. The molecule has 3 N–H and O–H groups in total. The molecule has 3 heteroatoms. The quantitative estimate of drug-likeness (QED) is 0.708. The lowest BCUT2D eigenvalue weighted by atomic mass is 9.92. The molecular formula is C13H19NO2. The molecule has 1 aromatic carbocycles. The highest BCUT2D eigenvalue weighted by Crippen LogP contribution is 2.30. The van der Waals surface area contributed by atoms with Crippen LogP contribution in [0.25, 0.3) is 0 Å². The third kappa shape index (κ3) is 2.54. The van der Waals surface area contributed by atoms with E-state index in [1.807, 2.05) is 19.1 Å². The second-order valence-corrected chi connectivity index (χ2v) is 4.86. The Morgan fingerprint density at radius 2 is 1.94 bits per heavy atom. The highest BCUT2D eigenvalue weighted by atomic mass is 16.3. The Labute approximate surface area is 96.1 Å². The number of nitrogens with one attached hydrogen (secondary N) is 1. The zero-order valence-corrected chi connectivity index (χ0v) is 9.61. The molecule has 0 aliphatic heterocycles. The first-order chi connectivity index (χ1) is 7.64. The number of hydrogen-bond donors (Lipinski definition) is 3. The minimum Gasteiger partial charge on any atom is -0.508 e. The predicted octanol–water partition coefficient (Wildman–Crippen LogP) is 1.60. The van der Waals surface area contributed by atoms with Gasteiger partial charge in [-0.05, 0) is 49.9 Å². The average Bonchev–Trinajstić information content (AvgIpc) is 3.11. The van der Waals surface area contributed by atoms with Crippen molar-refractivity contribution in [3.8, 4) is 5.75 Å². The topological polar surface area (TPSA) is 52.5 Å². The minimum atomic E-state index is -0.406. The maximum Gasteiger partial charge on any atom is 0.115 e. The van der Waals surface area contributed by atoms with Crippen LogP contribution in [0.3, 0.4) is 0 Å². The molecule has 0 bridgehead atoms. The molecule has 1 atom stereocenters. The van der Waals surface area contributed by atoms with Crippen molar-refractivity contribution in [2.45, 2.75) is 25.3 Å². The zero-order valence-electron chi connectivity index (χ0n) is 9.61. The molecular weight excluding hydrogens is 202 g/mol. The fraction of sp³-hybridized carbons (Fsp3) is 0.538. The Morgan fingerprint density at radius 3 is 2.44 bits per heavy atom. The molecule has 88 valence electrons. The molecule has 0 aromatic heterocycles. The summed E-state index contributed by atoms with van der Waals surface area (Å²) >= 11 is 0. The van der Waals surface area contributed by atoms with Crippen LogP contribution in [0, 0.1) is 5.92 Å². The molecule has 3 nitrogen and oxygen atoms in total. The smallest absolute Gasteiger partial charge is 0.115 e. The van der Waals surface area contributed by atoms with Gasteiger partial charge in [0.25, 0.3) is 0 Å². The van der Waals surface area contributed by atoms with Gasteiger partial charge in [-0.2, -0.15) is 0 Å². The van der Waals surface area contributed by atoms with E-state index in [9.17, 15) is 10.2 Å². The van der Waals surface area contributed by atoms with Crippen LogP contribution < -0.4 is 5.32 Å². The van der Waals surface area contributed by atoms with Gasteiger partial charge in [-0.3, -0.25) is 0 Å². The number of aromatic hydroxyl groups is 1. The molecule has 1 saturated carbocycles. The van der Waals surface area contributed by atoms with Gasteiger partial charge in [0.05, 0.1) is 12.1 Å². The van der Waals surface area contributed by atoms with Gasteiger partial charge < -0.3 is 15.5 Å². The van der Waals surface area contributed by atoms with Crippen LogP contribution in [0.15, 0.2) is 24.3 Å².